The van der Waals surface area contributed by atoms with E-state index in [1.165, 1.54) is 24.4 Å². The average molecular weight is 232 g/mol. The molecule has 2 radical (unpaired) electrons. The SMILES string of the molecule is CCCC[Si]OCCC=Cc1ccccc1. The molecule has 0 N–H and O–H groups in total. The summed E-state index contributed by atoms with van der Waals surface area (Å²) in [4.78, 5) is 0. The van der Waals surface area contributed by atoms with Gasteiger partial charge in [0.25, 0.3) is 0 Å². The van der Waals surface area contributed by atoms with Crippen molar-refractivity contribution in [3.05, 3.63) is 42.0 Å². The van der Waals surface area contributed by atoms with Crippen LogP contribution in [-0.2, 0) is 4.43 Å². The van der Waals surface area contributed by atoms with Crippen LogP contribution in [0.1, 0.15) is 31.7 Å². The minimum absolute atomic E-state index is 0.683. The van der Waals surface area contributed by atoms with Crippen LogP contribution in [0.15, 0.2) is 36.4 Å². The van der Waals surface area contributed by atoms with Gasteiger partial charge in [-0.1, -0.05) is 62.2 Å². The highest BCUT2D eigenvalue weighted by atomic mass is 28.2. The summed E-state index contributed by atoms with van der Waals surface area (Å²) in [6.45, 7) is 3.07. The fourth-order valence-corrected chi connectivity index (χ4v) is 2.21. The molecule has 2 heteroatoms. The molecule has 0 amide bonds. The molecule has 1 aromatic carbocycles. The minimum Gasteiger partial charge on any atom is -0.417 e. The highest BCUT2D eigenvalue weighted by molar-refractivity contribution is 6.26. The smallest absolute Gasteiger partial charge is 0.229 e. The highest BCUT2D eigenvalue weighted by Crippen LogP contribution is 2.02. The third-order valence-electron chi connectivity index (χ3n) is 2.23. The van der Waals surface area contributed by atoms with E-state index in [9.17, 15) is 0 Å². The summed E-state index contributed by atoms with van der Waals surface area (Å²) in [6.07, 6.45) is 7.90. The molecule has 0 spiro atoms. The summed E-state index contributed by atoms with van der Waals surface area (Å²) in [5.41, 5.74) is 1.26. The van der Waals surface area contributed by atoms with Crippen LogP contribution in [-0.4, -0.2) is 16.4 Å². The van der Waals surface area contributed by atoms with E-state index >= 15 is 0 Å². The minimum atomic E-state index is 0.683. The van der Waals surface area contributed by atoms with Gasteiger partial charge in [0.1, 0.15) is 0 Å². The largest absolute Gasteiger partial charge is 0.417 e. The second-order valence-corrected chi connectivity index (χ2v) is 4.78. The second kappa shape index (κ2) is 9.37. The van der Waals surface area contributed by atoms with Crippen molar-refractivity contribution in [2.24, 2.45) is 0 Å². The van der Waals surface area contributed by atoms with Gasteiger partial charge in [-0.05, 0) is 18.0 Å². The molecule has 0 aromatic heterocycles. The maximum absolute atomic E-state index is 5.55. The number of rotatable bonds is 8. The maximum Gasteiger partial charge on any atom is 0.229 e. The lowest BCUT2D eigenvalue weighted by atomic mass is 10.2. The van der Waals surface area contributed by atoms with Crippen molar-refractivity contribution in [2.45, 2.75) is 32.2 Å². The third kappa shape index (κ3) is 6.59. The summed E-state index contributed by atoms with van der Waals surface area (Å²) < 4.78 is 5.55. The normalized spacial score (nSPS) is 11.1. The Balaban J connectivity index is 2.01. The fraction of sp³-hybridized carbons (Fsp3) is 0.429. The first-order valence-corrected chi connectivity index (χ1v) is 7.11. The number of hydrogen-bond donors (Lipinski definition) is 0. The van der Waals surface area contributed by atoms with Gasteiger partial charge < -0.3 is 4.43 Å². The van der Waals surface area contributed by atoms with Gasteiger partial charge in [0.05, 0.1) is 0 Å². The van der Waals surface area contributed by atoms with Crippen molar-refractivity contribution in [3.63, 3.8) is 0 Å². The van der Waals surface area contributed by atoms with Gasteiger partial charge in [-0.2, -0.15) is 0 Å². The molecule has 0 unspecified atom stereocenters. The number of benzene rings is 1. The van der Waals surface area contributed by atoms with Crippen LogP contribution >= 0.6 is 0 Å². The zero-order chi connectivity index (χ0) is 11.5. The summed E-state index contributed by atoms with van der Waals surface area (Å²) in [7, 11) is 0.683. The van der Waals surface area contributed by atoms with Gasteiger partial charge in [0.15, 0.2) is 0 Å². The summed E-state index contributed by atoms with van der Waals surface area (Å²) in [5, 5.41) is 0. The molecule has 0 saturated carbocycles. The Morgan fingerprint density at radius 3 is 2.81 bits per heavy atom. The van der Waals surface area contributed by atoms with Gasteiger partial charge in [0, 0.05) is 6.61 Å². The van der Waals surface area contributed by atoms with Crippen LogP contribution in [0.25, 0.3) is 6.08 Å². The van der Waals surface area contributed by atoms with Crippen LogP contribution in [0.4, 0.5) is 0 Å². The van der Waals surface area contributed by atoms with E-state index in [2.05, 4.69) is 43.3 Å². The van der Waals surface area contributed by atoms with Crippen LogP contribution < -0.4 is 0 Å². The molecule has 0 saturated heterocycles. The first kappa shape index (κ1) is 13.2. The molecule has 1 nitrogen and oxygen atoms in total. The Labute approximate surface area is 101 Å². The van der Waals surface area contributed by atoms with Crippen molar-refractivity contribution in [1.29, 1.82) is 0 Å². The predicted molar refractivity (Wildman–Crippen MR) is 71.5 cm³/mol. The first-order chi connectivity index (χ1) is 7.93. The molecular formula is C14H20OSi. The quantitative estimate of drug-likeness (QED) is 0.487. The Bertz CT molecular complexity index is 282. The van der Waals surface area contributed by atoms with Crippen LogP contribution in [0.2, 0.25) is 6.04 Å². The maximum atomic E-state index is 5.55. The van der Waals surface area contributed by atoms with Crippen molar-refractivity contribution < 1.29 is 4.43 Å². The number of unbranched alkanes of at least 4 members (excludes halogenated alkanes) is 1. The van der Waals surface area contributed by atoms with Gasteiger partial charge in [-0.15, -0.1) is 0 Å². The lowest BCUT2D eigenvalue weighted by Crippen LogP contribution is -1.98. The van der Waals surface area contributed by atoms with E-state index in [0.29, 0.717) is 9.76 Å². The predicted octanol–water partition coefficient (Wildman–Crippen LogP) is 3.94. The molecule has 0 heterocycles. The van der Waals surface area contributed by atoms with Crippen molar-refractivity contribution in [1.82, 2.24) is 0 Å². The zero-order valence-electron chi connectivity index (χ0n) is 9.99. The Morgan fingerprint density at radius 1 is 1.25 bits per heavy atom. The van der Waals surface area contributed by atoms with Gasteiger partial charge in [0.2, 0.25) is 9.76 Å². The third-order valence-corrected chi connectivity index (χ3v) is 3.20. The first-order valence-electron chi connectivity index (χ1n) is 5.99. The van der Waals surface area contributed by atoms with Crippen LogP contribution in [0, 0.1) is 0 Å². The summed E-state index contributed by atoms with van der Waals surface area (Å²) in [6, 6.07) is 11.6. The van der Waals surface area contributed by atoms with Crippen LogP contribution in [0.3, 0.4) is 0 Å². The highest BCUT2D eigenvalue weighted by Gasteiger charge is 1.90. The monoisotopic (exact) mass is 232 g/mol. The van der Waals surface area contributed by atoms with E-state index in [0.717, 1.165) is 13.0 Å². The second-order valence-electron chi connectivity index (χ2n) is 3.70. The number of hydrogen-bond acceptors (Lipinski definition) is 1. The molecule has 0 atom stereocenters. The van der Waals surface area contributed by atoms with Crippen molar-refractivity contribution >= 4 is 15.8 Å². The fourth-order valence-electron chi connectivity index (χ4n) is 1.30. The van der Waals surface area contributed by atoms with Crippen molar-refractivity contribution in [3.8, 4) is 0 Å². The van der Waals surface area contributed by atoms with E-state index in [1.807, 2.05) is 6.07 Å². The molecule has 0 fully saturated rings. The molecule has 16 heavy (non-hydrogen) atoms. The lowest BCUT2D eigenvalue weighted by molar-refractivity contribution is 0.342. The molecular weight excluding hydrogens is 212 g/mol. The average Bonchev–Trinajstić information content (AvgIpc) is 2.34. The standard InChI is InChI=1S/C14H20OSi/c1-2-3-13-16-15-12-8-7-11-14-9-5-4-6-10-14/h4-7,9-11H,2-3,8,12-13H2,1H3. The van der Waals surface area contributed by atoms with Gasteiger partial charge in [-0.3, -0.25) is 0 Å². The van der Waals surface area contributed by atoms with E-state index in [1.54, 1.807) is 0 Å². The van der Waals surface area contributed by atoms with E-state index in [4.69, 9.17) is 4.43 Å². The Morgan fingerprint density at radius 2 is 2.06 bits per heavy atom. The molecule has 0 bridgehead atoms. The molecule has 1 rings (SSSR count). The molecule has 0 aliphatic carbocycles. The lowest BCUT2D eigenvalue weighted by Gasteiger charge is -1.99. The van der Waals surface area contributed by atoms with E-state index in [-0.39, 0.29) is 0 Å². The Hall–Kier alpha value is -0.863. The molecule has 0 aliphatic heterocycles. The molecule has 1 aromatic rings. The van der Waals surface area contributed by atoms with Crippen molar-refractivity contribution in [2.75, 3.05) is 6.61 Å². The van der Waals surface area contributed by atoms with E-state index < -0.39 is 0 Å². The zero-order valence-corrected chi connectivity index (χ0v) is 11.0. The van der Waals surface area contributed by atoms with Gasteiger partial charge >= 0.3 is 0 Å². The summed E-state index contributed by atoms with van der Waals surface area (Å²) in [5.74, 6) is 0. The van der Waals surface area contributed by atoms with Crippen LogP contribution in [0.5, 0.6) is 0 Å². The summed E-state index contributed by atoms with van der Waals surface area (Å²) >= 11 is 0. The van der Waals surface area contributed by atoms with Gasteiger partial charge in [-0.25, -0.2) is 0 Å². The molecule has 86 valence electrons. The molecule has 0 aliphatic rings. The topological polar surface area (TPSA) is 9.23 Å². The Kier molecular flexibility index (Phi) is 7.73.